The number of carbonyl (C=O) groups is 1. The summed E-state index contributed by atoms with van der Waals surface area (Å²) in [4.78, 5) is 24.7. The minimum atomic E-state index is -0.494. The molecule has 1 fully saturated rings. The van der Waals surface area contributed by atoms with Crippen LogP contribution in [0.4, 0.5) is 27.8 Å². The minimum Gasteiger partial charge on any atom is -0.495 e. The van der Waals surface area contributed by atoms with Crippen molar-refractivity contribution in [2.75, 3.05) is 49.2 Å². The molecule has 0 atom stereocenters. The zero-order valence-corrected chi connectivity index (χ0v) is 17.3. The number of piperazine rings is 1. The molecule has 0 bridgehead atoms. The number of rotatable bonds is 4. The van der Waals surface area contributed by atoms with Crippen molar-refractivity contribution >= 4 is 29.1 Å². The van der Waals surface area contributed by atoms with E-state index in [1.165, 1.54) is 6.33 Å². The number of hydrogen-bond acceptors (Lipinski definition) is 8. The van der Waals surface area contributed by atoms with Crippen LogP contribution in [-0.2, 0) is 4.74 Å². The van der Waals surface area contributed by atoms with E-state index in [0.29, 0.717) is 43.4 Å². The highest BCUT2D eigenvalue weighted by atomic mass is 16.6. The Hall–Kier alpha value is -3.23. The van der Waals surface area contributed by atoms with Crippen LogP contribution in [0.1, 0.15) is 20.8 Å². The molecule has 1 aromatic carbocycles. The van der Waals surface area contributed by atoms with Crippen LogP contribution in [0.15, 0.2) is 30.6 Å². The van der Waals surface area contributed by atoms with Gasteiger partial charge in [0.15, 0.2) is 0 Å². The third-order valence-electron chi connectivity index (χ3n) is 4.41. The quantitative estimate of drug-likeness (QED) is 0.755. The van der Waals surface area contributed by atoms with Gasteiger partial charge in [0, 0.05) is 44.0 Å². The van der Waals surface area contributed by atoms with Crippen molar-refractivity contribution in [3.8, 4) is 5.75 Å². The van der Waals surface area contributed by atoms with Crippen molar-refractivity contribution < 1.29 is 14.3 Å². The Morgan fingerprint density at radius 2 is 1.86 bits per heavy atom. The number of benzene rings is 1. The molecular formula is C20H28N6O3. The smallest absolute Gasteiger partial charge is 0.410 e. The molecule has 0 saturated carbocycles. The summed E-state index contributed by atoms with van der Waals surface area (Å²) in [5, 5.41) is 3.24. The van der Waals surface area contributed by atoms with E-state index in [9.17, 15) is 4.79 Å². The first-order chi connectivity index (χ1) is 13.7. The third kappa shape index (κ3) is 5.40. The van der Waals surface area contributed by atoms with E-state index in [2.05, 4.69) is 20.2 Å². The number of nitrogens with one attached hydrogen (secondary N) is 1. The van der Waals surface area contributed by atoms with Crippen LogP contribution in [0.2, 0.25) is 0 Å². The second kappa shape index (κ2) is 8.42. The Kier molecular flexibility index (Phi) is 5.95. The fourth-order valence-corrected chi connectivity index (χ4v) is 2.97. The highest BCUT2D eigenvalue weighted by Crippen LogP contribution is 2.27. The van der Waals surface area contributed by atoms with Crippen molar-refractivity contribution in [2.45, 2.75) is 26.4 Å². The molecule has 3 N–H and O–H groups in total. The Labute approximate surface area is 170 Å². The standard InChI is InChI=1S/C20H28N6O3/c1-20(2,3)29-19(27)26-9-7-25(8-10-26)18-12-17(22-13-23-18)24-14-5-6-15(21)16(11-14)28-4/h5-6,11-13H,7-10,21H2,1-4H3,(H,22,23,24). The lowest BCUT2D eigenvalue weighted by Crippen LogP contribution is -2.50. The first kappa shape index (κ1) is 20.5. The van der Waals surface area contributed by atoms with E-state index in [-0.39, 0.29) is 6.09 Å². The Morgan fingerprint density at radius 1 is 1.14 bits per heavy atom. The summed E-state index contributed by atoms with van der Waals surface area (Å²) < 4.78 is 10.7. The van der Waals surface area contributed by atoms with E-state index in [1.54, 1.807) is 18.1 Å². The summed E-state index contributed by atoms with van der Waals surface area (Å²) in [6.07, 6.45) is 1.24. The maximum Gasteiger partial charge on any atom is 0.410 e. The van der Waals surface area contributed by atoms with Gasteiger partial charge >= 0.3 is 6.09 Å². The molecule has 3 rings (SSSR count). The molecule has 156 valence electrons. The van der Waals surface area contributed by atoms with Gasteiger partial charge in [-0.1, -0.05) is 0 Å². The Morgan fingerprint density at radius 3 is 2.52 bits per heavy atom. The number of hydrogen-bond donors (Lipinski definition) is 2. The average Bonchev–Trinajstić information content (AvgIpc) is 2.68. The molecule has 0 unspecified atom stereocenters. The van der Waals surface area contributed by atoms with Gasteiger partial charge in [0.05, 0.1) is 12.8 Å². The third-order valence-corrected chi connectivity index (χ3v) is 4.41. The van der Waals surface area contributed by atoms with Gasteiger partial charge in [-0.3, -0.25) is 0 Å². The van der Waals surface area contributed by atoms with Crippen LogP contribution in [0.3, 0.4) is 0 Å². The number of methoxy groups -OCH3 is 1. The van der Waals surface area contributed by atoms with Gasteiger partial charge in [0.1, 0.15) is 29.3 Å². The highest BCUT2D eigenvalue weighted by molar-refractivity contribution is 5.69. The van der Waals surface area contributed by atoms with E-state index in [1.807, 2.05) is 39.0 Å². The van der Waals surface area contributed by atoms with Gasteiger partial charge in [-0.05, 0) is 32.9 Å². The van der Waals surface area contributed by atoms with Gasteiger partial charge in [0.25, 0.3) is 0 Å². The topological polar surface area (TPSA) is 106 Å². The SMILES string of the molecule is COc1cc(Nc2cc(N3CCN(C(=O)OC(C)(C)C)CC3)ncn2)ccc1N. The number of nitrogens with two attached hydrogens (primary N) is 1. The van der Waals surface area contributed by atoms with Crippen molar-refractivity contribution in [1.82, 2.24) is 14.9 Å². The van der Waals surface area contributed by atoms with Crippen LogP contribution >= 0.6 is 0 Å². The minimum absolute atomic E-state index is 0.278. The van der Waals surface area contributed by atoms with Crippen LogP contribution in [0, 0.1) is 0 Å². The van der Waals surface area contributed by atoms with Crippen molar-refractivity contribution in [1.29, 1.82) is 0 Å². The number of anilines is 4. The molecule has 0 radical (unpaired) electrons. The summed E-state index contributed by atoms with van der Waals surface area (Å²) in [6.45, 7) is 8.11. The second-order valence-electron chi connectivity index (χ2n) is 7.80. The molecule has 0 spiro atoms. The monoisotopic (exact) mass is 400 g/mol. The van der Waals surface area contributed by atoms with Gasteiger partial charge in [0.2, 0.25) is 0 Å². The lowest BCUT2D eigenvalue weighted by molar-refractivity contribution is 0.0240. The molecule has 1 amide bonds. The highest BCUT2D eigenvalue weighted by Gasteiger charge is 2.26. The number of aromatic nitrogens is 2. The first-order valence-electron chi connectivity index (χ1n) is 9.50. The maximum atomic E-state index is 12.2. The lowest BCUT2D eigenvalue weighted by atomic mass is 10.2. The first-order valence-corrected chi connectivity index (χ1v) is 9.50. The zero-order chi connectivity index (χ0) is 21.0. The molecule has 1 aliphatic heterocycles. The van der Waals surface area contributed by atoms with Crippen molar-refractivity contribution in [2.24, 2.45) is 0 Å². The number of nitrogens with zero attached hydrogens (tertiary/aromatic N) is 4. The molecule has 29 heavy (non-hydrogen) atoms. The van der Waals surface area contributed by atoms with Crippen molar-refractivity contribution in [3.63, 3.8) is 0 Å². The summed E-state index contributed by atoms with van der Waals surface area (Å²) in [5.41, 5.74) is 6.75. The average molecular weight is 400 g/mol. The van der Waals surface area contributed by atoms with Crippen LogP contribution in [0.5, 0.6) is 5.75 Å². The maximum absolute atomic E-state index is 12.2. The normalized spacial score (nSPS) is 14.5. The van der Waals surface area contributed by atoms with E-state index >= 15 is 0 Å². The fourth-order valence-electron chi connectivity index (χ4n) is 2.97. The van der Waals surface area contributed by atoms with E-state index < -0.39 is 5.60 Å². The molecule has 9 heteroatoms. The van der Waals surface area contributed by atoms with Crippen LogP contribution < -0.4 is 20.7 Å². The molecule has 1 saturated heterocycles. The number of carbonyl (C=O) groups excluding carboxylic acids is 1. The molecule has 0 aliphatic carbocycles. The second-order valence-corrected chi connectivity index (χ2v) is 7.80. The molecule has 1 aliphatic rings. The lowest BCUT2D eigenvalue weighted by Gasteiger charge is -2.36. The summed E-state index contributed by atoms with van der Waals surface area (Å²) in [6, 6.07) is 7.33. The van der Waals surface area contributed by atoms with Gasteiger partial charge in [-0.2, -0.15) is 0 Å². The van der Waals surface area contributed by atoms with Crippen LogP contribution in [-0.4, -0.2) is 59.9 Å². The van der Waals surface area contributed by atoms with E-state index in [0.717, 1.165) is 11.5 Å². The predicted molar refractivity (Wildman–Crippen MR) is 113 cm³/mol. The van der Waals surface area contributed by atoms with Gasteiger partial charge in [-0.25, -0.2) is 14.8 Å². The van der Waals surface area contributed by atoms with E-state index in [4.69, 9.17) is 15.2 Å². The predicted octanol–water partition coefficient (Wildman–Crippen LogP) is 2.87. The molecular weight excluding hydrogens is 372 g/mol. The molecule has 2 aromatic rings. The Balaban J connectivity index is 1.63. The number of ether oxygens (including phenoxy) is 2. The summed E-state index contributed by atoms with van der Waals surface area (Å²) in [5.74, 6) is 2.06. The van der Waals surface area contributed by atoms with Gasteiger partial charge < -0.3 is 30.3 Å². The van der Waals surface area contributed by atoms with Crippen LogP contribution in [0.25, 0.3) is 0 Å². The molecule has 1 aromatic heterocycles. The number of nitrogen functional groups attached to an aromatic ring is 1. The summed E-state index contributed by atoms with van der Waals surface area (Å²) >= 11 is 0. The Bertz CT molecular complexity index is 860. The summed E-state index contributed by atoms with van der Waals surface area (Å²) in [7, 11) is 1.58. The van der Waals surface area contributed by atoms with Gasteiger partial charge in [-0.15, -0.1) is 0 Å². The van der Waals surface area contributed by atoms with Crippen molar-refractivity contribution in [3.05, 3.63) is 30.6 Å². The number of amides is 1. The molecule has 2 heterocycles. The largest absolute Gasteiger partial charge is 0.495 e. The fraction of sp³-hybridized carbons (Fsp3) is 0.450. The zero-order valence-electron chi connectivity index (χ0n) is 17.3. The molecule has 9 nitrogen and oxygen atoms in total.